The molecule has 0 aromatic carbocycles. The largest absolute Gasteiger partial charge is 0.491 e. The fourth-order valence-electron chi connectivity index (χ4n) is 1.11. The van der Waals surface area contributed by atoms with Crippen molar-refractivity contribution in [3.05, 3.63) is 6.20 Å². The fraction of sp³-hybridized carbons (Fsp3) is 0.750. The van der Waals surface area contributed by atoms with Gasteiger partial charge in [0.15, 0.2) is 0 Å². The molecular formula is C8H15N3O. The lowest BCUT2D eigenvalue weighted by Gasteiger charge is -2.08. The van der Waals surface area contributed by atoms with Crippen molar-refractivity contribution in [1.82, 2.24) is 15.0 Å². The Hall–Kier alpha value is -1.06. The van der Waals surface area contributed by atoms with E-state index in [-0.39, 0.29) is 5.88 Å². The smallest absolute Gasteiger partial charge is 0.251 e. The van der Waals surface area contributed by atoms with E-state index >= 15 is 0 Å². The van der Waals surface area contributed by atoms with Crippen molar-refractivity contribution < 1.29 is 5.11 Å². The second-order valence-electron chi connectivity index (χ2n) is 3.05. The highest BCUT2D eigenvalue weighted by Gasteiger charge is 2.05. The van der Waals surface area contributed by atoms with Gasteiger partial charge in [-0.15, -0.1) is 0 Å². The number of aromatic nitrogens is 3. The van der Waals surface area contributed by atoms with E-state index in [1.54, 1.807) is 10.9 Å². The summed E-state index contributed by atoms with van der Waals surface area (Å²) in [4.78, 5) is 0. The number of aromatic hydroxyl groups is 1. The van der Waals surface area contributed by atoms with Crippen LogP contribution in [0.1, 0.15) is 39.2 Å². The third-order valence-electron chi connectivity index (χ3n) is 1.93. The molecule has 0 aliphatic heterocycles. The van der Waals surface area contributed by atoms with Crippen LogP contribution in [0.4, 0.5) is 0 Å². The quantitative estimate of drug-likeness (QED) is 0.746. The first kappa shape index (κ1) is 9.03. The van der Waals surface area contributed by atoms with Gasteiger partial charge in [-0.1, -0.05) is 30.1 Å². The first-order valence-corrected chi connectivity index (χ1v) is 4.34. The van der Waals surface area contributed by atoms with Gasteiger partial charge in [0.1, 0.15) is 0 Å². The van der Waals surface area contributed by atoms with Crippen molar-refractivity contribution in [2.24, 2.45) is 0 Å². The minimum Gasteiger partial charge on any atom is -0.491 e. The first-order valence-electron chi connectivity index (χ1n) is 4.34. The second kappa shape index (κ2) is 4.09. The molecular weight excluding hydrogens is 154 g/mol. The lowest BCUT2D eigenvalue weighted by Crippen LogP contribution is -2.05. The Morgan fingerprint density at radius 1 is 1.67 bits per heavy atom. The van der Waals surface area contributed by atoms with Gasteiger partial charge in [-0.25, -0.2) is 4.68 Å². The van der Waals surface area contributed by atoms with Crippen molar-refractivity contribution in [3.63, 3.8) is 0 Å². The molecule has 4 heteroatoms. The Balaban J connectivity index is 2.47. The van der Waals surface area contributed by atoms with E-state index < -0.39 is 0 Å². The average Bonchev–Trinajstić information content (AvgIpc) is 2.47. The van der Waals surface area contributed by atoms with Gasteiger partial charge in [0, 0.05) is 0 Å². The summed E-state index contributed by atoms with van der Waals surface area (Å²) in [5, 5.41) is 16.2. The first-order chi connectivity index (χ1) is 5.74. The van der Waals surface area contributed by atoms with Crippen molar-refractivity contribution in [3.8, 4) is 5.88 Å². The third-order valence-corrected chi connectivity index (χ3v) is 1.93. The Kier molecular flexibility index (Phi) is 3.08. The summed E-state index contributed by atoms with van der Waals surface area (Å²) >= 11 is 0. The highest BCUT2D eigenvalue weighted by molar-refractivity contribution is 4.96. The molecule has 0 aliphatic rings. The normalized spacial score (nSPS) is 13.2. The molecule has 68 valence electrons. The van der Waals surface area contributed by atoms with Crippen LogP contribution < -0.4 is 0 Å². The molecule has 0 radical (unpaired) electrons. The van der Waals surface area contributed by atoms with Crippen LogP contribution in [0.15, 0.2) is 6.20 Å². The number of unbranched alkanes of at least 4 members (excludes halogenated alkanes) is 1. The lowest BCUT2D eigenvalue weighted by atomic mass is 10.1. The predicted octanol–water partition coefficient (Wildman–Crippen LogP) is 1.73. The van der Waals surface area contributed by atoms with Crippen LogP contribution in [-0.2, 0) is 0 Å². The van der Waals surface area contributed by atoms with E-state index in [2.05, 4.69) is 24.2 Å². The highest BCUT2D eigenvalue weighted by atomic mass is 16.3. The van der Waals surface area contributed by atoms with Crippen LogP contribution in [0.5, 0.6) is 5.88 Å². The summed E-state index contributed by atoms with van der Waals surface area (Å²) in [6.07, 6.45) is 5.01. The van der Waals surface area contributed by atoms with Gasteiger partial charge in [0.05, 0.1) is 12.2 Å². The van der Waals surface area contributed by atoms with Crippen molar-refractivity contribution in [2.45, 2.75) is 39.2 Å². The van der Waals surface area contributed by atoms with Gasteiger partial charge in [0.25, 0.3) is 5.88 Å². The summed E-state index contributed by atoms with van der Waals surface area (Å²) < 4.78 is 1.70. The van der Waals surface area contributed by atoms with Crippen LogP contribution in [0.25, 0.3) is 0 Å². The maximum absolute atomic E-state index is 8.93. The molecule has 0 aliphatic carbocycles. The van der Waals surface area contributed by atoms with Gasteiger partial charge in [-0.05, 0) is 13.3 Å². The van der Waals surface area contributed by atoms with Gasteiger partial charge >= 0.3 is 0 Å². The maximum Gasteiger partial charge on any atom is 0.251 e. The van der Waals surface area contributed by atoms with E-state index in [0.29, 0.717) is 6.04 Å². The maximum atomic E-state index is 8.93. The Morgan fingerprint density at radius 3 is 2.92 bits per heavy atom. The van der Waals surface area contributed by atoms with Gasteiger partial charge < -0.3 is 5.11 Å². The van der Waals surface area contributed by atoms with Gasteiger partial charge in [0.2, 0.25) is 0 Å². The van der Waals surface area contributed by atoms with Crippen LogP contribution in [0.3, 0.4) is 0 Å². The topological polar surface area (TPSA) is 50.9 Å². The Bertz CT molecular complexity index is 234. The molecule has 0 amide bonds. The van der Waals surface area contributed by atoms with Crippen molar-refractivity contribution >= 4 is 0 Å². The van der Waals surface area contributed by atoms with Crippen LogP contribution >= 0.6 is 0 Å². The zero-order valence-corrected chi connectivity index (χ0v) is 7.56. The molecule has 1 rings (SSSR count). The minimum atomic E-state index is -0.00153. The number of hydrogen-bond donors (Lipinski definition) is 1. The average molecular weight is 169 g/mol. The Labute approximate surface area is 72.2 Å². The molecule has 12 heavy (non-hydrogen) atoms. The molecule has 1 N–H and O–H groups in total. The van der Waals surface area contributed by atoms with Crippen molar-refractivity contribution in [2.75, 3.05) is 0 Å². The summed E-state index contributed by atoms with van der Waals surface area (Å²) in [6, 6.07) is 0.332. The monoisotopic (exact) mass is 169 g/mol. The van der Waals surface area contributed by atoms with Crippen molar-refractivity contribution in [1.29, 1.82) is 0 Å². The lowest BCUT2D eigenvalue weighted by molar-refractivity contribution is 0.433. The van der Waals surface area contributed by atoms with E-state index in [1.807, 2.05) is 0 Å². The van der Waals surface area contributed by atoms with E-state index in [4.69, 9.17) is 5.11 Å². The molecule has 4 nitrogen and oxygen atoms in total. The zero-order chi connectivity index (χ0) is 8.97. The van der Waals surface area contributed by atoms with E-state index in [1.165, 1.54) is 12.8 Å². The van der Waals surface area contributed by atoms with Crippen LogP contribution in [-0.4, -0.2) is 20.1 Å². The van der Waals surface area contributed by atoms with E-state index in [9.17, 15) is 0 Å². The summed E-state index contributed by atoms with van der Waals surface area (Å²) in [5.74, 6) is -0.00153. The zero-order valence-electron chi connectivity index (χ0n) is 7.56. The molecule has 1 heterocycles. The molecule has 1 unspecified atom stereocenters. The number of hydrogen-bond acceptors (Lipinski definition) is 3. The molecule has 0 fully saturated rings. The Morgan fingerprint density at radius 2 is 2.42 bits per heavy atom. The number of rotatable bonds is 4. The number of nitrogens with zero attached hydrogens (tertiary/aromatic N) is 3. The summed E-state index contributed by atoms with van der Waals surface area (Å²) in [7, 11) is 0. The molecule has 1 atom stereocenters. The molecule has 1 aromatic heterocycles. The van der Waals surface area contributed by atoms with E-state index in [0.717, 1.165) is 6.42 Å². The molecule has 0 bridgehead atoms. The molecule has 0 saturated heterocycles. The summed E-state index contributed by atoms with van der Waals surface area (Å²) in [6.45, 7) is 4.23. The van der Waals surface area contributed by atoms with Gasteiger partial charge in [-0.3, -0.25) is 0 Å². The highest BCUT2D eigenvalue weighted by Crippen LogP contribution is 2.14. The third kappa shape index (κ3) is 2.22. The standard InChI is InChI=1S/C8H15N3O/c1-3-4-5-7(2)11-6-8(12)9-10-11/h6-7,12H,3-5H2,1-2H3. The second-order valence-corrected chi connectivity index (χ2v) is 3.05. The summed E-state index contributed by atoms with van der Waals surface area (Å²) in [5.41, 5.74) is 0. The fourth-order valence-corrected chi connectivity index (χ4v) is 1.11. The molecule has 0 saturated carbocycles. The SMILES string of the molecule is CCCCC(C)n1cc(O)nn1. The van der Waals surface area contributed by atoms with Gasteiger partial charge in [-0.2, -0.15) is 0 Å². The van der Waals surface area contributed by atoms with Crippen LogP contribution in [0, 0.1) is 0 Å². The molecule has 1 aromatic rings. The molecule has 0 spiro atoms. The minimum absolute atomic E-state index is 0.00153. The predicted molar refractivity (Wildman–Crippen MR) is 45.9 cm³/mol. The van der Waals surface area contributed by atoms with Crippen LogP contribution in [0.2, 0.25) is 0 Å².